The van der Waals surface area contributed by atoms with Crippen molar-refractivity contribution in [1.29, 1.82) is 0 Å². The van der Waals surface area contributed by atoms with Crippen molar-refractivity contribution in [3.8, 4) is 0 Å². The summed E-state index contributed by atoms with van der Waals surface area (Å²) in [4.78, 5) is 1.32. The van der Waals surface area contributed by atoms with Crippen LogP contribution in [0.2, 0.25) is 0 Å². The smallest absolute Gasteiger partial charge is 0.0533 e. The predicted octanol–water partition coefficient (Wildman–Crippen LogP) is 5.68. The lowest BCUT2D eigenvalue weighted by molar-refractivity contribution is 1.22. The summed E-state index contributed by atoms with van der Waals surface area (Å²) in [6.07, 6.45) is 7.50. The van der Waals surface area contributed by atoms with Crippen molar-refractivity contribution in [2.24, 2.45) is 0 Å². The summed E-state index contributed by atoms with van der Waals surface area (Å²) < 4.78 is 0. The van der Waals surface area contributed by atoms with E-state index in [4.69, 9.17) is 11.6 Å². The Kier molecular flexibility index (Phi) is 2.98. The van der Waals surface area contributed by atoms with Crippen LogP contribution in [0.3, 0.4) is 0 Å². The zero-order valence-corrected chi connectivity index (χ0v) is 12.4. The molecular formula is C18H13ClS. The number of rotatable bonds is 2. The molecule has 0 N–H and O–H groups in total. The van der Waals surface area contributed by atoms with Crippen molar-refractivity contribution < 1.29 is 0 Å². The van der Waals surface area contributed by atoms with E-state index in [1.54, 1.807) is 0 Å². The summed E-state index contributed by atoms with van der Waals surface area (Å²) in [6.45, 7) is 0. The fourth-order valence-corrected chi connectivity index (χ4v) is 4.36. The van der Waals surface area contributed by atoms with Crippen LogP contribution in [0.15, 0.2) is 58.5 Å². The van der Waals surface area contributed by atoms with E-state index in [0.29, 0.717) is 5.25 Å². The second kappa shape index (κ2) is 4.83. The zero-order valence-electron chi connectivity index (χ0n) is 10.8. The van der Waals surface area contributed by atoms with Gasteiger partial charge in [0.05, 0.1) is 5.25 Å². The molecule has 98 valence electrons. The average Bonchev–Trinajstić information content (AvgIpc) is 3.03. The molecule has 0 spiro atoms. The van der Waals surface area contributed by atoms with Crippen molar-refractivity contribution in [1.82, 2.24) is 0 Å². The Balaban J connectivity index is 1.69. The van der Waals surface area contributed by atoms with Gasteiger partial charge >= 0.3 is 0 Å². The lowest BCUT2D eigenvalue weighted by Gasteiger charge is -2.13. The third-order valence-corrected chi connectivity index (χ3v) is 5.34. The van der Waals surface area contributed by atoms with Crippen molar-refractivity contribution in [2.75, 3.05) is 0 Å². The maximum atomic E-state index is 6.19. The molecule has 0 radical (unpaired) electrons. The number of thioether (sulfide) groups is 1. The minimum absolute atomic E-state index is 0.408. The number of hydrogen-bond acceptors (Lipinski definition) is 1. The second-order valence-electron chi connectivity index (χ2n) is 5.12. The summed E-state index contributed by atoms with van der Waals surface area (Å²) in [5.41, 5.74) is 5.39. The van der Waals surface area contributed by atoms with Crippen molar-refractivity contribution in [3.63, 3.8) is 0 Å². The van der Waals surface area contributed by atoms with Gasteiger partial charge in [-0.05, 0) is 34.4 Å². The monoisotopic (exact) mass is 296 g/mol. The number of halogens is 1. The van der Waals surface area contributed by atoms with Crippen LogP contribution in [0.25, 0.3) is 12.2 Å². The molecule has 2 aliphatic carbocycles. The topological polar surface area (TPSA) is 0 Å². The van der Waals surface area contributed by atoms with E-state index in [9.17, 15) is 0 Å². The molecule has 0 amide bonds. The van der Waals surface area contributed by atoms with Crippen molar-refractivity contribution in [2.45, 2.75) is 16.6 Å². The molecule has 2 aliphatic rings. The van der Waals surface area contributed by atoms with Gasteiger partial charge in [0.15, 0.2) is 0 Å². The highest BCUT2D eigenvalue weighted by Crippen LogP contribution is 2.45. The van der Waals surface area contributed by atoms with Gasteiger partial charge in [-0.2, -0.15) is 0 Å². The first-order valence-corrected chi connectivity index (χ1v) is 7.99. The van der Waals surface area contributed by atoms with Crippen molar-refractivity contribution in [3.05, 3.63) is 75.8 Å². The maximum absolute atomic E-state index is 6.19. The molecule has 0 bridgehead atoms. The largest absolute Gasteiger partial charge is 0.113 e. The van der Waals surface area contributed by atoms with Crippen LogP contribution in [0, 0.1) is 0 Å². The Labute approximate surface area is 128 Å². The lowest BCUT2D eigenvalue weighted by atomic mass is 10.1. The van der Waals surface area contributed by atoms with Gasteiger partial charge in [-0.25, -0.2) is 0 Å². The molecule has 2 aromatic rings. The molecule has 0 nitrogen and oxygen atoms in total. The predicted molar refractivity (Wildman–Crippen MR) is 88.1 cm³/mol. The maximum Gasteiger partial charge on any atom is 0.0533 e. The summed E-state index contributed by atoms with van der Waals surface area (Å²) in [7, 11) is 0. The second-order valence-corrected chi connectivity index (χ2v) is 6.79. The Morgan fingerprint density at radius 3 is 2.90 bits per heavy atom. The third kappa shape index (κ3) is 2.02. The molecule has 0 fully saturated rings. The Bertz CT molecular complexity index is 743. The number of benzene rings is 2. The normalized spacial score (nSPS) is 18.9. The number of fused-ring (bicyclic) bond motifs is 2. The Morgan fingerprint density at radius 2 is 1.95 bits per heavy atom. The summed E-state index contributed by atoms with van der Waals surface area (Å²) in [6, 6.07) is 15.1. The summed E-state index contributed by atoms with van der Waals surface area (Å²) in [5, 5.41) is 1.35. The van der Waals surface area contributed by atoms with E-state index in [-0.39, 0.29) is 0 Å². The summed E-state index contributed by atoms with van der Waals surface area (Å²) in [5.74, 6) is 0. The van der Waals surface area contributed by atoms with Gasteiger partial charge in [0.1, 0.15) is 0 Å². The summed E-state index contributed by atoms with van der Waals surface area (Å²) >= 11 is 8.10. The van der Waals surface area contributed by atoms with Crippen LogP contribution in [-0.4, -0.2) is 0 Å². The number of allylic oxidation sites excluding steroid dienone is 1. The minimum Gasteiger partial charge on any atom is -0.113 e. The molecule has 0 heterocycles. The van der Waals surface area contributed by atoms with Gasteiger partial charge in [-0.3, -0.25) is 0 Å². The molecule has 20 heavy (non-hydrogen) atoms. The van der Waals surface area contributed by atoms with Gasteiger partial charge in [0, 0.05) is 16.3 Å². The fourth-order valence-electron chi connectivity index (χ4n) is 2.86. The van der Waals surface area contributed by atoms with E-state index in [1.807, 2.05) is 11.8 Å². The Hall–Kier alpha value is -1.44. The molecule has 2 aromatic carbocycles. The molecule has 0 aromatic heterocycles. The average molecular weight is 297 g/mol. The zero-order chi connectivity index (χ0) is 13.5. The molecule has 0 saturated heterocycles. The standard InChI is InChI=1S/C18H13ClS/c19-14-10-13-5-3-7-17(16(13)11-14)20-18-9-8-12-4-1-2-6-15(12)18/h1-9,11,18H,10H2. The Morgan fingerprint density at radius 1 is 1.05 bits per heavy atom. The molecule has 1 unspecified atom stereocenters. The first-order valence-electron chi connectivity index (χ1n) is 6.73. The molecule has 0 aliphatic heterocycles. The van der Waals surface area contributed by atoms with E-state index in [2.05, 4.69) is 60.7 Å². The van der Waals surface area contributed by atoms with E-state index < -0.39 is 0 Å². The van der Waals surface area contributed by atoms with Gasteiger partial charge in [-0.15, -0.1) is 11.8 Å². The van der Waals surface area contributed by atoms with E-state index >= 15 is 0 Å². The SMILES string of the molecule is ClC1=Cc2c(cccc2SC2C=Cc3ccccc32)C1. The molecule has 2 heteroatoms. The molecule has 0 saturated carbocycles. The molecule has 4 rings (SSSR count). The van der Waals surface area contributed by atoms with Crippen molar-refractivity contribution >= 4 is 35.5 Å². The molecule has 1 atom stereocenters. The van der Waals surface area contributed by atoms with Crippen LogP contribution >= 0.6 is 23.4 Å². The van der Waals surface area contributed by atoms with E-state index in [1.165, 1.54) is 27.1 Å². The third-order valence-electron chi connectivity index (χ3n) is 3.82. The van der Waals surface area contributed by atoms with Crippen LogP contribution in [0.5, 0.6) is 0 Å². The van der Waals surface area contributed by atoms with E-state index in [0.717, 1.165) is 11.5 Å². The fraction of sp³-hybridized carbons (Fsp3) is 0.111. The highest BCUT2D eigenvalue weighted by atomic mass is 35.5. The lowest BCUT2D eigenvalue weighted by Crippen LogP contribution is -1.90. The van der Waals surface area contributed by atoms with Gasteiger partial charge in [-0.1, -0.05) is 60.2 Å². The first-order chi connectivity index (χ1) is 9.81. The first kappa shape index (κ1) is 12.3. The van der Waals surface area contributed by atoms with Crippen LogP contribution < -0.4 is 0 Å². The van der Waals surface area contributed by atoms with Crippen LogP contribution in [-0.2, 0) is 6.42 Å². The van der Waals surface area contributed by atoms with Crippen LogP contribution in [0.4, 0.5) is 0 Å². The van der Waals surface area contributed by atoms with Gasteiger partial charge < -0.3 is 0 Å². The quantitative estimate of drug-likeness (QED) is 0.687. The van der Waals surface area contributed by atoms with Gasteiger partial charge in [0.2, 0.25) is 0 Å². The van der Waals surface area contributed by atoms with Gasteiger partial charge in [0.25, 0.3) is 0 Å². The highest BCUT2D eigenvalue weighted by molar-refractivity contribution is 7.99. The van der Waals surface area contributed by atoms with Crippen LogP contribution in [0.1, 0.15) is 27.5 Å². The molecular weight excluding hydrogens is 284 g/mol. The number of hydrogen-bond donors (Lipinski definition) is 0. The minimum atomic E-state index is 0.408. The highest BCUT2D eigenvalue weighted by Gasteiger charge is 2.21.